The SMILES string of the molecule is COc1ccc(CN2C(=O)C(c3cccs3)=C(N3CCCC3)C2=O)cc1. The lowest BCUT2D eigenvalue weighted by molar-refractivity contribution is -0.138. The Labute approximate surface area is 156 Å². The minimum atomic E-state index is -0.199. The molecule has 0 atom stereocenters. The highest BCUT2D eigenvalue weighted by molar-refractivity contribution is 7.11. The molecule has 2 amide bonds. The van der Waals surface area contributed by atoms with E-state index in [0.717, 1.165) is 42.1 Å². The van der Waals surface area contributed by atoms with E-state index in [1.807, 2.05) is 41.8 Å². The molecule has 26 heavy (non-hydrogen) atoms. The monoisotopic (exact) mass is 368 g/mol. The van der Waals surface area contributed by atoms with Crippen LogP contribution >= 0.6 is 11.3 Å². The lowest BCUT2D eigenvalue weighted by Gasteiger charge is -2.20. The number of hydrogen-bond donors (Lipinski definition) is 0. The molecule has 134 valence electrons. The highest BCUT2D eigenvalue weighted by atomic mass is 32.1. The summed E-state index contributed by atoms with van der Waals surface area (Å²) in [5.74, 6) is 0.370. The van der Waals surface area contributed by atoms with Crippen LogP contribution in [0.5, 0.6) is 5.75 Å². The van der Waals surface area contributed by atoms with Gasteiger partial charge in [-0.3, -0.25) is 14.5 Å². The number of imide groups is 1. The van der Waals surface area contributed by atoms with E-state index in [1.165, 1.54) is 16.2 Å². The van der Waals surface area contributed by atoms with Gasteiger partial charge in [-0.1, -0.05) is 18.2 Å². The number of hydrogen-bond acceptors (Lipinski definition) is 5. The van der Waals surface area contributed by atoms with Crippen molar-refractivity contribution in [2.24, 2.45) is 0 Å². The van der Waals surface area contributed by atoms with Crippen LogP contribution < -0.4 is 4.74 Å². The standard InChI is InChI=1S/C20H20N2O3S/c1-25-15-8-6-14(7-9-15)13-22-19(23)17(16-5-4-12-26-16)18(20(22)24)21-10-2-3-11-21/h4-9,12H,2-3,10-11,13H2,1H3. The van der Waals surface area contributed by atoms with Gasteiger partial charge in [0.1, 0.15) is 11.4 Å². The zero-order valence-electron chi connectivity index (χ0n) is 14.6. The molecule has 6 heteroatoms. The van der Waals surface area contributed by atoms with Gasteiger partial charge in [0.05, 0.1) is 19.2 Å². The molecule has 0 unspecified atom stereocenters. The van der Waals surface area contributed by atoms with Crippen LogP contribution in [0.2, 0.25) is 0 Å². The molecule has 1 aromatic carbocycles. The second-order valence-electron chi connectivity index (χ2n) is 6.44. The van der Waals surface area contributed by atoms with E-state index in [4.69, 9.17) is 4.74 Å². The minimum Gasteiger partial charge on any atom is -0.497 e. The van der Waals surface area contributed by atoms with Crippen molar-refractivity contribution >= 4 is 28.7 Å². The van der Waals surface area contributed by atoms with Gasteiger partial charge in [0.25, 0.3) is 11.8 Å². The summed E-state index contributed by atoms with van der Waals surface area (Å²) in [5, 5.41) is 1.94. The van der Waals surface area contributed by atoms with Crippen LogP contribution in [0.25, 0.3) is 5.57 Å². The first-order valence-corrected chi connectivity index (χ1v) is 9.59. The van der Waals surface area contributed by atoms with Crippen molar-refractivity contribution in [3.8, 4) is 5.75 Å². The molecule has 0 bridgehead atoms. The predicted octanol–water partition coefficient (Wildman–Crippen LogP) is 3.13. The fourth-order valence-electron chi connectivity index (χ4n) is 3.50. The highest BCUT2D eigenvalue weighted by Crippen LogP contribution is 2.36. The maximum Gasteiger partial charge on any atom is 0.278 e. The molecule has 0 saturated carbocycles. The molecule has 1 fully saturated rings. The molecule has 3 heterocycles. The van der Waals surface area contributed by atoms with Crippen molar-refractivity contribution in [3.63, 3.8) is 0 Å². The summed E-state index contributed by atoms with van der Waals surface area (Å²) in [7, 11) is 1.61. The van der Waals surface area contributed by atoms with Gasteiger partial charge >= 0.3 is 0 Å². The Balaban J connectivity index is 1.66. The highest BCUT2D eigenvalue weighted by Gasteiger charge is 2.42. The molecule has 2 aromatic rings. The number of ether oxygens (including phenoxy) is 1. The minimum absolute atomic E-state index is 0.184. The Bertz CT molecular complexity index is 850. The summed E-state index contributed by atoms with van der Waals surface area (Å²) in [6.45, 7) is 1.94. The average Bonchev–Trinajstić information content (AvgIpc) is 3.40. The largest absolute Gasteiger partial charge is 0.497 e. The number of benzene rings is 1. The van der Waals surface area contributed by atoms with Crippen LogP contribution in [-0.2, 0) is 16.1 Å². The van der Waals surface area contributed by atoms with Gasteiger partial charge in [0.2, 0.25) is 0 Å². The summed E-state index contributed by atoms with van der Waals surface area (Å²) in [4.78, 5) is 30.5. The molecular formula is C20H20N2O3S. The van der Waals surface area contributed by atoms with Crippen molar-refractivity contribution in [2.75, 3.05) is 20.2 Å². The Kier molecular flexibility index (Phi) is 4.51. The summed E-state index contributed by atoms with van der Waals surface area (Å²) in [5.41, 5.74) is 2.03. The second-order valence-corrected chi connectivity index (χ2v) is 7.39. The molecule has 0 radical (unpaired) electrons. The third-order valence-corrected chi connectivity index (χ3v) is 5.72. The zero-order chi connectivity index (χ0) is 18.1. The van der Waals surface area contributed by atoms with Crippen molar-refractivity contribution in [2.45, 2.75) is 19.4 Å². The summed E-state index contributed by atoms with van der Waals surface area (Å²) < 4.78 is 5.17. The first-order valence-electron chi connectivity index (χ1n) is 8.71. The number of carbonyl (C=O) groups is 2. The molecule has 5 nitrogen and oxygen atoms in total. The fraction of sp³-hybridized carbons (Fsp3) is 0.300. The number of thiophene rings is 1. The molecule has 0 spiro atoms. The molecule has 4 rings (SSSR count). The summed E-state index contributed by atoms with van der Waals surface area (Å²) in [6, 6.07) is 11.3. The van der Waals surface area contributed by atoms with E-state index < -0.39 is 0 Å². The van der Waals surface area contributed by atoms with E-state index >= 15 is 0 Å². The van der Waals surface area contributed by atoms with Crippen molar-refractivity contribution in [3.05, 3.63) is 57.9 Å². The van der Waals surface area contributed by atoms with Gasteiger partial charge in [-0.05, 0) is 42.0 Å². The lowest BCUT2D eigenvalue weighted by atomic mass is 10.1. The quantitative estimate of drug-likeness (QED) is 0.761. The molecule has 0 N–H and O–H groups in total. The average molecular weight is 368 g/mol. The molecule has 2 aliphatic heterocycles. The van der Waals surface area contributed by atoms with Gasteiger partial charge < -0.3 is 9.64 Å². The van der Waals surface area contributed by atoms with Gasteiger partial charge in [-0.15, -0.1) is 11.3 Å². The third kappa shape index (κ3) is 2.90. The van der Waals surface area contributed by atoms with Gasteiger partial charge in [0.15, 0.2) is 0 Å². The fourth-order valence-corrected chi connectivity index (χ4v) is 4.26. The van der Waals surface area contributed by atoms with Crippen LogP contribution in [0.4, 0.5) is 0 Å². The maximum absolute atomic E-state index is 13.1. The molecule has 1 aromatic heterocycles. The number of carbonyl (C=O) groups excluding carboxylic acids is 2. The number of amides is 2. The van der Waals surface area contributed by atoms with E-state index in [9.17, 15) is 9.59 Å². The molecule has 2 aliphatic rings. The van der Waals surface area contributed by atoms with E-state index in [1.54, 1.807) is 7.11 Å². The lowest BCUT2D eigenvalue weighted by Crippen LogP contribution is -2.34. The Hall–Kier alpha value is -2.60. The van der Waals surface area contributed by atoms with E-state index in [-0.39, 0.29) is 18.4 Å². The summed E-state index contributed by atoms with van der Waals surface area (Å²) >= 11 is 1.50. The molecule has 0 aliphatic carbocycles. The maximum atomic E-state index is 13.1. The number of likely N-dealkylation sites (tertiary alicyclic amines) is 1. The number of nitrogens with zero attached hydrogens (tertiary/aromatic N) is 2. The Morgan fingerprint density at radius 3 is 2.38 bits per heavy atom. The van der Waals surface area contributed by atoms with Gasteiger partial charge in [-0.25, -0.2) is 0 Å². The first-order chi connectivity index (χ1) is 12.7. The topological polar surface area (TPSA) is 49.9 Å². The Morgan fingerprint density at radius 1 is 1.04 bits per heavy atom. The summed E-state index contributed by atoms with van der Waals surface area (Å²) in [6.07, 6.45) is 2.11. The van der Waals surface area contributed by atoms with E-state index in [2.05, 4.69) is 4.90 Å². The number of methoxy groups -OCH3 is 1. The zero-order valence-corrected chi connectivity index (χ0v) is 15.4. The van der Waals surface area contributed by atoms with Crippen LogP contribution in [-0.4, -0.2) is 41.8 Å². The van der Waals surface area contributed by atoms with Crippen LogP contribution in [0, 0.1) is 0 Å². The Morgan fingerprint density at radius 2 is 1.77 bits per heavy atom. The molecular weight excluding hydrogens is 348 g/mol. The van der Waals surface area contributed by atoms with Crippen molar-refractivity contribution < 1.29 is 14.3 Å². The molecule has 1 saturated heterocycles. The smallest absolute Gasteiger partial charge is 0.278 e. The van der Waals surface area contributed by atoms with Gasteiger partial charge in [0, 0.05) is 18.0 Å². The van der Waals surface area contributed by atoms with Gasteiger partial charge in [-0.2, -0.15) is 0 Å². The van der Waals surface area contributed by atoms with Crippen LogP contribution in [0.3, 0.4) is 0 Å². The van der Waals surface area contributed by atoms with E-state index in [0.29, 0.717) is 11.3 Å². The predicted molar refractivity (Wildman–Crippen MR) is 101 cm³/mol. The normalized spacial score (nSPS) is 17.6. The second kappa shape index (κ2) is 6.96. The van der Waals surface area contributed by atoms with Crippen LogP contribution in [0.1, 0.15) is 23.3 Å². The first kappa shape index (κ1) is 16.8. The third-order valence-electron chi connectivity index (χ3n) is 4.83. The van der Waals surface area contributed by atoms with Crippen molar-refractivity contribution in [1.82, 2.24) is 9.80 Å². The number of rotatable bonds is 5. The van der Waals surface area contributed by atoms with Crippen molar-refractivity contribution in [1.29, 1.82) is 0 Å². The van der Waals surface area contributed by atoms with Crippen LogP contribution in [0.15, 0.2) is 47.5 Å².